The molecule has 0 spiro atoms. The number of hydrogen-bond donors (Lipinski definition) is 3. The van der Waals surface area contributed by atoms with Gasteiger partial charge in [0.15, 0.2) is 5.11 Å². The molecule has 1 aliphatic rings. The lowest BCUT2D eigenvalue weighted by Crippen LogP contribution is -2.34. The second-order valence-corrected chi connectivity index (χ2v) is 8.08. The van der Waals surface area contributed by atoms with E-state index < -0.39 is 5.91 Å². The molecule has 148 valence electrons. The molecule has 2 amide bonds. The van der Waals surface area contributed by atoms with E-state index in [-0.39, 0.29) is 11.0 Å². The van der Waals surface area contributed by atoms with Crippen LogP contribution in [0.2, 0.25) is 0 Å². The number of aryl methyl sites for hydroxylation is 1. The van der Waals surface area contributed by atoms with Crippen LogP contribution in [0.15, 0.2) is 24.3 Å². The summed E-state index contributed by atoms with van der Waals surface area (Å²) in [5.41, 5.74) is 7.49. The van der Waals surface area contributed by atoms with E-state index in [1.54, 1.807) is 18.2 Å². The van der Waals surface area contributed by atoms with Crippen molar-refractivity contribution < 1.29 is 14.3 Å². The van der Waals surface area contributed by atoms with Crippen LogP contribution in [0, 0.1) is 0 Å². The Hall–Kier alpha value is -2.45. The largest absolute Gasteiger partial charge is 0.494 e. The molecular weight excluding hydrogens is 394 g/mol. The topological polar surface area (TPSA) is 93.4 Å². The molecule has 0 atom stereocenters. The minimum Gasteiger partial charge on any atom is -0.494 e. The van der Waals surface area contributed by atoms with Crippen LogP contribution in [0.5, 0.6) is 5.75 Å². The Balaban J connectivity index is 1.65. The fourth-order valence-electron chi connectivity index (χ4n) is 3.12. The Kier molecular flexibility index (Phi) is 6.64. The average Bonchev–Trinajstić information content (AvgIpc) is 3.22. The van der Waals surface area contributed by atoms with Gasteiger partial charge in [0.25, 0.3) is 11.8 Å². The summed E-state index contributed by atoms with van der Waals surface area (Å²) in [6.07, 6.45) is 4.80. The first kappa shape index (κ1) is 20.3. The lowest BCUT2D eigenvalue weighted by atomic mass is 10.1. The van der Waals surface area contributed by atoms with Crippen LogP contribution in [0.1, 0.15) is 57.3 Å². The zero-order chi connectivity index (χ0) is 20.1. The second kappa shape index (κ2) is 9.16. The number of primary amides is 1. The molecule has 0 saturated carbocycles. The number of thiophene rings is 1. The van der Waals surface area contributed by atoms with Gasteiger partial charge >= 0.3 is 0 Å². The van der Waals surface area contributed by atoms with Gasteiger partial charge in [0.2, 0.25) is 0 Å². The van der Waals surface area contributed by atoms with Crippen LogP contribution in [-0.4, -0.2) is 23.5 Å². The summed E-state index contributed by atoms with van der Waals surface area (Å²) in [6.45, 7) is 2.70. The second-order valence-electron chi connectivity index (χ2n) is 6.56. The van der Waals surface area contributed by atoms with Crippen LogP contribution >= 0.6 is 23.6 Å². The summed E-state index contributed by atoms with van der Waals surface area (Å²) in [5, 5.41) is 6.34. The number of unbranched alkanes of at least 4 members (excludes halogenated alkanes) is 1. The number of ether oxygens (including phenoxy) is 1. The van der Waals surface area contributed by atoms with E-state index in [1.807, 2.05) is 6.07 Å². The van der Waals surface area contributed by atoms with Gasteiger partial charge in [-0.2, -0.15) is 0 Å². The van der Waals surface area contributed by atoms with Crippen LogP contribution in [0.3, 0.4) is 0 Å². The molecule has 8 heteroatoms. The van der Waals surface area contributed by atoms with Crippen molar-refractivity contribution in [2.24, 2.45) is 5.73 Å². The molecule has 0 saturated heterocycles. The first-order valence-electron chi connectivity index (χ1n) is 9.29. The molecule has 1 aliphatic carbocycles. The molecule has 2 aromatic rings. The number of fused-ring (bicyclic) bond motifs is 1. The van der Waals surface area contributed by atoms with Crippen molar-refractivity contribution in [2.45, 2.75) is 39.0 Å². The number of thiocarbonyl (C=S) groups is 1. The van der Waals surface area contributed by atoms with E-state index in [4.69, 9.17) is 22.7 Å². The fraction of sp³-hybridized carbons (Fsp3) is 0.350. The van der Waals surface area contributed by atoms with E-state index >= 15 is 0 Å². The van der Waals surface area contributed by atoms with Crippen molar-refractivity contribution in [2.75, 3.05) is 11.9 Å². The Bertz CT molecular complexity index is 908. The van der Waals surface area contributed by atoms with Crippen molar-refractivity contribution in [3.05, 3.63) is 45.8 Å². The maximum absolute atomic E-state index is 12.5. The van der Waals surface area contributed by atoms with Crippen LogP contribution < -0.4 is 21.1 Å². The van der Waals surface area contributed by atoms with E-state index in [1.165, 1.54) is 11.3 Å². The summed E-state index contributed by atoms with van der Waals surface area (Å²) >= 11 is 6.74. The minimum atomic E-state index is -0.479. The lowest BCUT2D eigenvalue weighted by molar-refractivity contribution is 0.0975. The quantitative estimate of drug-likeness (QED) is 0.472. The number of rotatable bonds is 7. The predicted molar refractivity (Wildman–Crippen MR) is 115 cm³/mol. The summed E-state index contributed by atoms with van der Waals surface area (Å²) in [5.74, 6) is -0.179. The first-order chi connectivity index (χ1) is 13.5. The van der Waals surface area contributed by atoms with Gasteiger partial charge in [-0.05, 0) is 61.7 Å². The van der Waals surface area contributed by atoms with Crippen molar-refractivity contribution in [1.82, 2.24) is 5.32 Å². The third-order valence-electron chi connectivity index (χ3n) is 4.48. The van der Waals surface area contributed by atoms with Crippen molar-refractivity contribution in [3.8, 4) is 5.75 Å². The van der Waals surface area contributed by atoms with Crippen molar-refractivity contribution in [3.63, 3.8) is 0 Å². The van der Waals surface area contributed by atoms with Crippen LogP contribution in [0.25, 0.3) is 0 Å². The molecule has 3 rings (SSSR count). The van der Waals surface area contributed by atoms with Gasteiger partial charge in [-0.3, -0.25) is 14.9 Å². The van der Waals surface area contributed by atoms with Crippen molar-refractivity contribution in [1.29, 1.82) is 0 Å². The number of anilines is 1. The van der Waals surface area contributed by atoms with E-state index in [2.05, 4.69) is 17.6 Å². The van der Waals surface area contributed by atoms with E-state index in [0.29, 0.717) is 28.5 Å². The number of amides is 2. The molecule has 0 aliphatic heterocycles. The smallest absolute Gasteiger partial charge is 0.257 e. The fourth-order valence-corrected chi connectivity index (χ4v) is 4.68. The highest BCUT2D eigenvalue weighted by Gasteiger charge is 2.25. The SMILES string of the molecule is CCCCOc1cccc(C(=O)NC(=S)Nc2sc3c(c2C(N)=O)CCC3)c1. The molecular formula is C20H23N3O3S2. The zero-order valence-corrected chi connectivity index (χ0v) is 17.3. The molecule has 0 unspecified atom stereocenters. The number of nitrogens with one attached hydrogen (secondary N) is 2. The Morgan fingerprint density at radius 3 is 2.89 bits per heavy atom. The number of carbonyl (C=O) groups excluding carboxylic acids is 2. The number of hydrogen-bond acceptors (Lipinski definition) is 5. The number of carbonyl (C=O) groups is 2. The maximum atomic E-state index is 12.5. The molecule has 1 aromatic heterocycles. The maximum Gasteiger partial charge on any atom is 0.257 e. The molecule has 4 N–H and O–H groups in total. The van der Waals surface area contributed by atoms with Gasteiger partial charge in [-0.25, -0.2) is 0 Å². The molecule has 28 heavy (non-hydrogen) atoms. The lowest BCUT2D eigenvalue weighted by Gasteiger charge is -2.11. The van der Waals surface area contributed by atoms with Gasteiger partial charge in [0.1, 0.15) is 10.8 Å². The van der Waals surface area contributed by atoms with Gasteiger partial charge in [0, 0.05) is 10.4 Å². The minimum absolute atomic E-state index is 0.129. The van der Waals surface area contributed by atoms with E-state index in [9.17, 15) is 9.59 Å². The van der Waals surface area contributed by atoms with E-state index in [0.717, 1.165) is 42.5 Å². The molecule has 1 aromatic carbocycles. The highest BCUT2D eigenvalue weighted by molar-refractivity contribution is 7.80. The van der Waals surface area contributed by atoms with Crippen molar-refractivity contribution >= 4 is 45.5 Å². The third-order valence-corrected chi connectivity index (χ3v) is 5.90. The average molecular weight is 418 g/mol. The standard InChI is InChI=1S/C20H23N3O3S2/c1-2-3-10-26-13-7-4-6-12(11-13)18(25)22-20(27)23-19-16(17(21)24)14-8-5-9-15(14)28-19/h4,6-7,11H,2-3,5,8-10H2,1H3,(H2,21,24)(H2,22,23,25,27). The van der Waals surface area contributed by atoms with Gasteiger partial charge in [-0.15, -0.1) is 11.3 Å². The first-order valence-corrected chi connectivity index (χ1v) is 10.5. The molecule has 0 bridgehead atoms. The monoisotopic (exact) mass is 417 g/mol. The number of benzene rings is 1. The molecule has 6 nitrogen and oxygen atoms in total. The van der Waals surface area contributed by atoms with Crippen LogP contribution in [0.4, 0.5) is 5.00 Å². The van der Waals surface area contributed by atoms with Crippen LogP contribution in [-0.2, 0) is 12.8 Å². The normalized spacial score (nSPS) is 12.3. The highest BCUT2D eigenvalue weighted by atomic mass is 32.1. The summed E-state index contributed by atoms with van der Waals surface area (Å²) in [6, 6.07) is 6.96. The summed E-state index contributed by atoms with van der Waals surface area (Å²) < 4.78 is 5.64. The molecule has 0 radical (unpaired) electrons. The number of nitrogens with two attached hydrogens (primary N) is 1. The third kappa shape index (κ3) is 4.69. The van der Waals surface area contributed by atoms with Gasteiger partial charge < -0.3 is 15.8 Å². The summed E-state index contributed by atoms with van der Waals surface area (Å²) in [4.78, 5) is 25.5. The van der Waals surface area contributed by atoms with Gasteiger partial charge in [0.05, 0.1) is 12.2 Å². The Morgan fingerprint density at radius 2 is 2.14 bits per heavy atom. The Labute approximate surface area is 173 Å². The summed E-state index contributed by atoms with van der Waals surface area (Å²) in [7, 11) is 0. The molecule has 0 fully saturated rings. The zero-order valence-electron chi connectivity index (χ0n) is 15.7. The highest BCUT2D eigenvalue weighted by Crippen LogP contribution is 2.38. The van der Waals surface area contributed by atoms with Gasteiger partial charge in [-0.1, -0.05) is 19.4 Å². The predicted octanol–water partition coefficient (Wildman–Crippen LogP) is 3.64. The molecule has 1 heterocycles. The Morgan fingerprint density at radius 1 is 1.32 bits per heavy atom.